The van der Waals surface area contributed by atoms with E-state index in [0.717, 1.165) is 9.92 Å². The zero-order valence-electron chi connectivity index (χ0n) is 5.38. The molecule has 2 N–H and O–H groups in total. The molecule has 0 aliphatic carbocycles. The van der Waals surface area contributed by atoms with Gasteiger partial charge in [0.15, 0.2) is 0 Å². The summed E-state index contributed by atoms with van der Waals surface area (Å²) in [5.41, 5.74) is 5.33. The van der Waals surface area contributed by atoms with Gasteiger partial charge in [0, 0.05) is 15.8 Å². The van der Waals surface area contributed by atoms with Crippen LogP contribution in [0.15, 0.2) is 29.2 Å². The maximum Gasteiger partial charge on any atom is 0.0440 e. The van der Waals surface area contributed by atoms with E-state index in [1.54, 1.807) is 11.8 Å². The molecular weight excluding hydrogens is 166 g/mol. The second kappa shape index (κ2) is 3.86. The second-order valence-corrected chi connectivity index (χ2v) is 3.30. The topological polar surface area (TPSA) is 26.0 Å². The van der Waals surface area contributed by atoms with Crippen LogP contribution in [-0.2, 0) is 0 Å². The fraction of sp³-hybridized carbons (Fsp3) is 0.143. The van der Waals surface area contributed by atoms with Crippen molar-refractivity contribution in [3.63, 3.8) is 0 Å². The molecule has 0 aromatic heterocycles. The van der Waals surface area contributed by atoms with E-state index in [1.807, 2.05) is 24.3 Å². The van der Waals surface area contributed by atoms with E-state index in [2.05, 4.69) is 0 Å². The highest BCUT2D eigenvalue weighted by Crippen LogP contribution is 2.19. The van der Waals surface area contributed by atoms with Gasteiger partial charge in [0.1, 0.15) is 0 Å². The Morgan fingerprint density at radius 1 is 1.50 bits per heavy atom. The molecule has 10 heavy (non-hydrogen) atoms. The van der Waals surface area contributed by atoms with Crippen LogP contribution >= 0.6 is 23.4 Å². The molecule has 0 spiro atoms. The quantitative estimate of drug-likeness (QED) is 0.549. The minimum absolute atomic E-state index is 0.598. The predicted molar refractivity (Wildman–Crippen MR) is 46.4 cm³/mol. The number of thioether (sulfide) groups is 1. The van der Waals surface area contributed by atoms with Crippen LogP contribution in [0.5, 0.6) is 0 Å². The molecule has 0 amide bonds. The van der Waals surface area contributed by atoms with Crippen molar-refractivity contribution in [2.75, 3.05) is 5.88 Å². The van der Waals surface area contributed by atoms with E-state index < -0.39 is 0 Å². The fourth-order valence-corrected chi connectivity index (χ4v) is 1.49. The first-order chi connectivity index (χ1) is 4.83. The van der Waals surface area contributed by atoms with E-state index in [-0.39, 0.29) is 0 Å². The van der Waals surface area contributed by atoms with Crippen LogP contribution in [0.1, 0.15) is 0 Å². The molecule has 0 aliphatic rings. The Morgan fingerprint density at radius 2 is 2.30 bits per heavy atom. The van der Waals surface area contributed by atoms with Crippen LogP contribution in [-0.4, -0.2) is 5.88 Å². The first-order valence-corrected chi connectivity index (χ1v) is 4.27. The Labute approximate surface area is 69.6 Å². The average Bonchev–Trinajstić information content (AvgIpc) is 1.88. The Bertz CT molecular complexity index is 215. The highest BCUT2D eigenvalue weighted by molar-refractivity contribution is 7.99. The second-order valence-electron chi connectivity index (χ2n) is 1.77. The summed E-state index contributed by atoms with van der Waals surface area (Å²) in [5, 5.41) is 0.762. The molecule has 0 saturated heterocycles. The molecule has 3 heteroatoms. The summed E-state index contributed by atoms with van der Waals surface area (Å²) in [7, 11) is 0. The molecule has 0 bridgehead atoms. The van der Waals surface area contributed by atoms with Gasteiger partial charge in [-0.2, -0.15) is 0 Å². The molecule has 54 valence electrons. The van der Waals surface area contributed by atoms with Crippen molar-refractivity contribution in [3.8, 4) is 0 Å². The highest BCUT2D eigenvalue weighted by Gasteiger charge is 1.90. The van der Waals surface area contributed by atoms with Crippen molar-refractivity contribution in [1.82, 2.24) is 0 Å². The minimum atomic E-state index is 0.598. The smallest absolute Gasteiger partial charge is 0.0440 e. The summed E-state index contributed by atoms with van der Waals surface area (Å²) in [6.45, 7) is 0. The van der Waals surface area contributed by atoms with Crippen molar-refractivity contribution in [3.05, 3.63) is 29.3 Å². The minimum Gasteiger partial charge on any atom is -0.322 e. The first kappa shape index (κ1) is 7.92. The summed E-state index contributed by atoms with van der Waals surface area (Å²) >= 11 is 7.31. The Morgan fingerprint density at radius 3 is 2.90 bits per heavy atom. The predicted octanol–water partition coefficient (Wildman–Crippen LogP) is 2.35. The summed E-state index contributed by atoms with van der Waals surface area (Å²) in [6, 6.07) is 7.66. The molecule has 0 heterocycles. The number of rotatable bonds is 2. The fourth-order valence-electron chi connectivity index (χ4n) is 0.653. The van der Waals surface area contributed by atoms with Crippen LogP contribution in [0, 0.1) is 0 Å². The lowest BCUT2D eigenvalue weighted by Gasteiger charge is -1.96. The third-order valence-corrected chi connectivity index (χ3v) is 2.04. The summed E-state index contributed by atoms with van der Waals surface area (Å²) in [4.78, 5) is 1.12. The van der Waals surface area contributed by atoms with Crippen molar-refractivity contribution in [2.45, 2.75) is 4.90 Å². The zero-order chi connectivity index (χ0) is 7.40. The van der Waals surface area contributed by atoms with E-state index >= 15 is 0 Å². The third-order valence-electron chi connectivity index (χ3n) is 1.05. The van der Waals surface area contributed by atoms with E-state index in [1.165, 1.54) is 0 Å². The van der Waals surface area contributed by atoms with Gasteiger partial charge in [-0.3, -0.25) is 0 Å². The van der Waals surface area contributed by atoms with Gasteiger partial charge < -0.3 is 5.73 Å². The van der Waals surface area contributed by atoms with Gasteiger partial charge in [-0.05, 0) is 18.2 Å². The van der Waals surface area contributed by atoms with E-state index in [0.29, 0.717) is 5.88 Å². The summed E-state index contributed by atoms with van der Waals surface area (Å²) in [5.74, 6) is 0.598. The molecular formula is C7H8ClNS. The molecule has 0 fully saturated rings. The molecule has 0 aliphatic heterocycles. The summed E-state index contributed by atoms with van der Waals surface area (Å²) in [6.07, 6.45) is 0. The Balaban J connectivity index is 2.75. The molecule has 0 unspecified atom stereocenters. The van der Waals surface area contributed by atoms with Crippen LogP contribution in [0.3, 0.4) is 0 Å². The lowest BCUT2D eigenvalue weighted by Crippen LogP contribution is -1.91. The Hall–Kier alpha value is -0.180. The van der Waals surface area contributed by atoms with E-state index in [4.69, 9.17) is 17.3 Å². The zero-order valence-corrected chi connectivity index (χ0v) is 6.95. The van der Waals surface area contributed by atoms with Crippen molar-refractivity contribution < 1.29 is 0 Å². The van der Waals surface area contributed by atoms with Gasteiger partial charge in [-0.15, -0.1) is 11.8 Å². The van der Waals surface area contributed by atoms with Gasteiger partial charge in [0.25, 0.3) is 0 Å². The maximum absolute atomic E-state index is 5.73. The van der Waals surface area contributed by atoms with Gasteiger partial charge in [0.05, 0.1) is 0 Å². The number of hydrogen-bond acceptors (Lipinski definition) is 2. The molecule has 1 aromatic carbocycles. The van der Waals surface area contributed by atoms with Gasteiger partial charge >= 0.3 is 0 Å². The summed E-state index contributed by atoms with van der Waals surface area (Å²) < 4.78 is 0. The number of hydrogen-bond donors (Lipinski definition) is 1. The average molecular weight is 174 g/mol. The number of nitrogens with two attached hydrogens (primary N) is 1. The third kappa shape index (κ3) is 2.21. The molecule has 1 rings (SSSR count). The SMILES string of the molecule is NCSc1cccc(Cl)c1. The number of benzene rings is 1. The van der Waals surface area contributed by atoms with Gasteiger partial charge in [-0.1, -0.05) is 17.7 Å². The van der Waals surface area contributed by atoms with Crippen LogP contribution in [0.2, 0.25) is 5.02 Å². The van der Waals surface area contributed by atoms with Crippen molar-refractivity contribution in [2.24, 2.45) is 5.73 Å². The van der Waals surface area contributed by atoms with Gasteiger partial charge in [-0.25, -0.2) is 0 Å². The molecule has 0 atom stereocenters. The van der Waals surface area contributed by atoms with Crippen LogP contribution in [0.25, 0.3) is 0 Å². The number of halogens is 1. The van der Waals surface area contributed by atoms with Crippen molar-refractivity contribution >= 4 is 23.4 Å². The molecule has 0 saturated carbocycles. The van der Waals surface area contributed by atoms with Crippen LogP contribution in [0.4, 0.5) is 0 Å². The maximum atomic E-state index is 5.73. The van der Waals surface area contributed by atoms with Crippen LogP contribution < -0.4 is 5.73 Å². The standard InChI is InChI=1S/C7H8ClNS/c8-6-2-1-3-7(4-6)10-5-9/h1-4H,5,9H2. The first-order valence-electron chi connectivity index (χ1n) is 2.91. The highest BCUT2D eigenvalue weighted by atomic mass is 35.5. The monoisotopic (exact) mass is 173 g/mol. The Kier molecular flexibility index (Phi) is 3.06. The lowest BCUT2D eigenvalue weighted by molar-refractivity contribution is 1.37. The normalized spacial score (nSPS) is 9.80. The molecule has 0 radical (unpaired) electrons. The van der Waals surface area contributed by atoms with Gasteiger partial charge in [0.2, 0.25) is 0 Å². The van der Waals surface area contributed by atoms with E-state index in [9.17, 15) is 0 Å². The molecule has 1 aromatic rings. The largest absolute Gasteiger partial charge is 0.322 e. The lowest BCUT2D eigenvalue weighted by atomic mass is 10.4. The van der Waals surface area contributed by atoms with Crippen molar-refractivity contribution in [1.29, 1.82) is 0 Å². The molecule has 1 nitrogen and oxygen atoms in total.